The summed E-state index contributed by atoms with van der Waals surface area (Å²) >= 11 is 0. The number of aromatic carboxylic acids is 1. The van der Waals surface area contributed by atoms with Crippen LogP contribution in [0.25, 0.3) is 0 Å². The Morgan fingerprint density at radius 2 is 2.16 bits per heavy atom. The van der Waals surface area contributed by atoms with Crippen LogP contribution in [0.1, 0.15) is 17.3 Å². The molecule has 1 aromatic carbocycles. The largest absolute Gasteiger partial charge is 0.478 e. The smallest absolute Gasteiger partial charge is 0.335 e. The van der Waals surface area contributed by atoms with Crippen molar-refractivity contribution in [3.8, 4) is 0 Å². The van der Waals surface area contributed by atoms with Gasteiger partial charge in [0.2, 0.25) is 5.91 Å². The summed E-state index contributed by atoms with van der Waals surface area (Å²) < 4.78 is 0. The van der Waals surface area contributed by atoms with Crippen LogP contribution < -0.4 is 15.5 Å². The number of nitrogens with two attached hydrogens (primary N) is 1. The van der Waals surface area contributed by atoms with Crippen molar-refractivity contribution in [3.05, 3.63) is 23.8 Å². The van der Waals surface area contributed by atoms with E-state index in [9.17, 15) is 9.59 Å². The molecule has 6 heteroatoms. The standard InChI is InChI=1S/C13H17N3O3/c1-8(6-14)16-7-12(17)15(2)11-5-9(13(18)19)3-4-10(11)16/h3-5,8H,6-7,14H2,1-2H3,(H,18,19). The van der Waals surface area contributed by atoms with E-state index in [2.05, 4.69) is 0 Å². The second-order valence-corrected chi connectivity index (χ2v) is 4.67. The average molecular weight is 263 g/mol. The topological polar surface area (TPSA) is 86.9 Å². The van der Waals surface area contributed by atoms with Gasteiger partial charge < -0.3 is 20.6 Å². The number of carbonyl (C=O) groups excluding carboxylic acids is 1. The van der Waals surface area contributed by atoms with Gasteiger partial charge in [0, 0.05) is 19.6 Å². The molecule has 0 spiro atoms. The molecule has 0 saturated heterocycles. The van der Waals surface area contributed by atoms with Gasteiger partial charge in [0.05, 0.1) is 23.5 Å². The van der Waals surface area contributed by atoms with Gasteiger partial charge in [-0.25, -0.2) is 4.79 Å². The lowest BCUT2D eigenvalue weighted by atomic mass is 10.1. The van der Waals surface area contributed by atoms with E-state index in [0.717, 1.165) is 5.69 Å². The van der Waals surface area contributed by atoms with Crippen molar-refractivity contribution >= 4 is 23.3 Å². The van der Waals surface area contributed by atoms with Gasteiger partial charge in [-0.2, -0.15) is 0 Å². The molecule has 0 bridgehead atoms. The Hall–Kier alpha value is -2.08. The molecule has 0 aromatic heterocycles. The quantitative estimate of drug-likeness (QED) is 0.830. The number of anilines is 2. The third-order valence-electron chi connectivity index (χ3n) is 3.45. The van der Waals surface area contributed by atoms with Gasteiger partial charge in [-0.15, -0.1) is 0 Å². The molecule has 1 unspecified atom stereocenters. The van der Waals surface area contributed by atoms with Crippen LogP contribution in [0.4, 0.5) is 11.4 Å². The SMILES string of the molecule is CC(CN)N1CC(=O)N(C)c2cc(C(=O)O)ccc21. The zero-order chi connectivity index (χ0) is 14.2. The van der Waals surface area contributed by atoms with Gasteiger partial charge in [0.25, 0.3) is 0 Å². The predicted octanol–water partition coefficient (Wildman–Crippen LogP) is 0.515. The molecular weight excluding hydrogens is 246 g/mol. The molecule has 1 heterocycles. The highest BCUT2D eigenvalue weighted by Crippen LogP contribution is 2.34. The van der Waals surface area contributed by atoms with Gasteiger partial charge in [-0.3, -0.25) is 4.79 Å². The second-order valence-electron chi connectivity index (χ2n) is 4.67. The van der Waals surface area contributed by atoms with Crippen LogP contribution in [-0.4, -0.2) is 43.2 Å². The molecule has 102 valence electrons. The summed E-state index contributed by atoms with van der Waals surface area (Å²) in [5, 5.41) is 9.02. The number of fused-ring (bicyclic) bond motifs is 1. The summed E-state index contributed by atoms with van der Waals surface area (Å²) in [5.41, 5.74) is 7.27. The number of benzene rings is 1. The van der Waals surface area contributed by atoms with Crippen molar-refractivity contribution in [3.63, 3.8) is 0 Å². The summed E-state index contributed by atoms with van der Waals surface area (Å²) in [7, 11) is 1.65. The predicted molar refractivity (Wildman–Crippen MR) is 72.7 cm³/mol. The van der Waals surface area contributed by atoms with Crippen molar-refractivity contribution in [2.24, 2.45) is 5.73 Å². The molecule has 1 atom stereocenters. The van der Waals surface area contributed by atoms with Gasteiger partial charge in [-0.05, 0) is 25.1 Å². The Kier molecular flexibility index (Phi) is 3.44. The number of nitrogens with zero attached hydrogens (tertiary/aromatic N) is 2. The first kappa shape index (κ1) is 13.4. The van der Waals surface area contributed by atoms with Crippen molar-refractivity contribution in [2.45, 2.75) is 13.0 Å². The van der Waals surface area contributed by atoms with Crippen molar-refractivity contribution < 1.29 is 14.7 Å². The van der Waals surface area contributed by atoms with Crippen LogP contribution >= 0.6 is 0 Å². The fraction of sp³-hybridized carbons (Fsp3) is 0.385. The lowest BCUT2D eigenvalue weighted by Gasteiger charge is -2.38. The first-order valence-corrected chi connectivity index (χ1v) is 6.06. The minimum absolute atomic E-state index is 0.0204. The maximum atomic E-state index is 12.0. The molecule has 6 nitrogen and oxygen atoms in total. The minimum atomic E-state index is -1.01. The third-order valence-corrected chi connectivity index (χ3v) is 3.45. The van der Waals surface area contributed by atoms with Crippen LogP contribution in [0.5, 0.6) is 0 Å². The Bertz CT molecular complexity index is 530. The van der Waals surface area contributed by atoms with Crippen molar-refractivity contribution in [1.82, 2.24) is 0 Å². The molecule has 0 saturated carbocycles. The molecule has 0 radical (unpaired) electrons. The highest BCUT2D eigenvalue weighted by molar-refractivity contribution is 6.04. The first-order valence-electron chi connectivity index (χ1n) is 6.06. The summed E-state index contributed by atoms with van der Waals surface area (Å²) in [4.78, 5) is 26.4. The summed E-state index contributed by atoms with van der Waals surface area (Å²) in [6, 6.07) is 4.81. The molecule has 2 rings (SSSR count). The molecule has 1 aliphatic heterocycles. The molecule has 1 aromatic rings. The minimum Gasteiger partial charge on any atom is -0.478 e. The fourth-order valence-corrected chi connectivity index (χ4v) is 2.16. The van der Waals surface area contributed by atoms with E-state index in [0.29, 0.717) is 12.2 Å². The molecule has 0 fully saturated rings. The molecule has 19 heavy (non-hydrogen) atoms. The molecular formula is C13H17N3O3. The van der Waals surface area contributed by atoms with E-state index in [-0.39, 0.29) is 24.1 Å². The monoisotopic (exact) mass is 263 g/mol. The van der Waals surface area contributed by atoms with Crippen LogP contribution in [0.15, 0.2) is 18.2 Å². The highest BCUT2D eigenvalue weighted by Gasteiger charge is 2.29. The van der Waals surface area contributed by atoms with E-state index in [1.807, 2.05) is 11.8 Å². The van der Waals surface area contributed by atoms with Gasteiger partial charge in [-0.1, -0.05) is 0 Å². The number of carboxylic acid groups (broad SMARTS) is 1. The maximum Gasteiger partial charge on any atom is 0.335 e. The number of carbonyl (C=O) groups is 2. The van der Waals surface area contributed by atoms with Crippen LogP contribution in [-0.2, 0) is 4.79 Å². The summed E-state index contributed by atoms with van der Waals surface area (Å²) in [5.74, 6) is -1.08. The Morgan fingerprint density at radius 1 is 1.47 bits per heavy atom. The molecule has 3 N–H and O–H groups in total. The van der Waals surface area contributed by atoms with Crippen LogP contribution in [0, 0.1) is 0 Å². The fourth-order valence-electron chi connectivity index (χ4n) is 2.16. The lowest BCUT2D eigenvalue weighted by Crippen LogP contribution is -2.49. The number of hydrogen-bond donors (Lipinski definition) is 2. The van der Waals surface area contributed by atoms with Crippen molar-refractivity contribution in [1.29, 1.82) is 0 Å². The number of likely N-dealkylation sites (N-methyl/N-ethyl adjacent to an activating group) is 1. The second kappa shape index (κ2) is 4.89. The number of rotatable bonds is 3. The zero-order valence-electron chi connectivity index (χ0n) is 11.0. The van der Waals surface area contributed by atoms with Gasteiger partial charge >= 0.3 is 5.97 Å². The summed E-state index contributed by atoms with van der Waals surface area (Å²) in [6.07, 6.45) is 0. The van der Waals surface area contributed by atoms with Gasteiger partial charge in [0.1, 0.15) is 0 Å². The molecule has 0 aliphatic carbocycles. The van der Waals surface area contributed by atoms with Crippen LogP contribution in [0.3, 0.4) is 0 Å². The lowest BCUT2D eigenvalue weighted by molar-refractivity contribution is -0.117. The van der Waals surface area contributed by atoms with Crippen molar-refractivity contribution in [2.75, 3.05) is 29.9 Å². The summed E-state index contributed by atoms with van der Waals surface area (Å²) in [6.45, 7) is 2.62. The van der Waals surface area contributed by atoms with E-state index < -0.39 is 5.97 Å². The molecule has 1 aliphatic rings. The van der Waals surface area contributed by atoms with Gasteiger partial charge in [0.15, 0.2) is 0 Å². The van der Waals surface area contributed by atoms with E-state index >= 15 is 0 Å². The maximum absolute atomic E-state index is 12.0. The number of hydrogen-bond acceptors (Lipinski definition) is 4. The van der Waals surface area contributed by atoms with E-state index in [1.54, 1.807) is 19.2 Å². The zero-order valence-corrected chi connectivity index (χ0v) is 11.0. The number of carboxylic acids is 1. The normalized spacial score (nSPS) is 16.3. The number of amides is 1. The highest BCUT2D eigenvalue weighted by atomic mass is 16.4. The Labute approximate surface area is 111 Å². The Morgan fingerprint density at radius 3 is 2.74 bits per heavy atom. The molecule has 1 amide bonds. The van der Waals surface area contributed by atoms with E-state index in [1.165, 1.54) is 11.0 Å². The van der Waals surface area contributed by atoms with E-state index in [4.69, 9.17) is 10.8 Å². The third kappa shape index (κ3) is 2.26. The first-order chi connectivity index (χ1) is 8.95. The Balaban J connectivity index is 2.52. The van der Waals surface area contributed by atoms with Crippen LogP contribution in [0.2, 0.25) is 0 Å². The average Bonchev–Trinajstić information content (AvgIpc) is 2.41.